The molecule has 0 aliphatic heterocycles. The molecule has 0 saturated carbocycles. The summed E-state index contributed by atoms with van der Waals surface area (Å²) in [6.45, 7) is 7.24. The highest BCUT2D eigenvalue weighted by Crippen LogP contribution is 2.26. The maximum Gasteiger partial charge on any atom is 0.134 e. The van der Waals surface area contributed by atoms with Crippen LogP contribution >= 0.6 is 0 Å². The number of anilines is 1. The van der Waals surface area contributed by atoms with E-state index in [1.165, 1.54) is 16.5 Å². The number of furan rings is 1. The van der Waals surface area contributed by atoms with Gasteiger partial charge in [-0.25, -0.2) is 0 Å². The van der Waals surface area contributed by atoms with Gasteiger partial charge in [-0.2, -0.15) is 0 Å². The summed E-state index contributed by atoms with van der Waals surface area (Å²) in [6.07, 6.45) is 0. The molecule has 3 aromatic rings. The molecule has 21 heavy (non-hydrogen) atoms. The van der Waals surface area contributed by atoms with Crippen molar-refractivity contribution in [2.45, 2.75) is 33.2 Å². The van der Waals surface area contributed by atoms with Crippen LogP contribution in [0.3, 0.4) is 0 Å². The van der Waals surface area contributed by atoms with Gasteiger partial charge in [-0.15, -0.1) is 0 Å². The first-order valence-electron chi connectivity index (χ1n) is 7.46. The lowest BCUT2D eigenvalue weighted by molar-refractivity contribution is 0.573. The van der Waals surface area contributed by atoms with E-state index in [2.05, 4.69) is 55.6 Å². The van der Waals surface area contributed by atoms with Crippen molar-refractivity contribution >= 4 is 16.7 Å². The predicted octanol–water partition coefficient (Wildman–Crippen LogP) is 5.48. The van der Waals surface area contributed by atoms with Crippen molar-refractivity contribution in [1.82, 2.24) is 0 Å². The van der Waals surface area contributed by atoms with Gasteiger partial charge in [0.05, 0.1) is 0 Å². The van der Waals surface area contributed by atoms with Gasteiger partial charge in [0.15, 0.2) is 0 Å². The number of benzene rings is 2. The first-order valence-corrected chi connectivity index (χ1v) is 7.46. The molecule has 1 aromatic heterocycles. The highest BCUT2D eigenvalue weighted by molar-refractivity contribution is 5.82. The summed E-state index contributed by atoms with van der Waals surface area (Å²) in [6, 6.07) is 16.8. The summed E-state index contributed by atoms with van der Waals surface area (Å²) < 4.78 is 5.81. The van der Waals surface area contributed by atoms with Gasteiger partial charge in [-0.1, -0.05) is 44.2 Å². The molecule has 108 valence electrons. The molecule has 2 heteroatoms. The van der Waals surface area contributed by atoms with Crippen molar-refractivity contribution in [1.29, 1.82) is 0 Å². The minimum atomic E-state index is 0.545. The van der Waals surface area contributed by atoms with Gasteiger partial charge in [0.2, 0.25) is 0 Å². The lowest BCUT2D eigenvalue weighted by Crippen LogP contribution is -2.01. The molecule has 1 N–H and O–H groups in total. The van der Waals surface area contributed by atoms with Crippen LogP contribution in [-0.4, -0.2) is 0 Å². The van der Waals surface area contributed by atoms with Crippen LogP contribution in [0, 0.1) is 6.92 Å². The zero-order valence-electron chi connectivity index (χ0n) is 12.8. The normalized spacial score (nSPS) is 11.2. The quantitative estimate of drug-likeness (QED) is 0.684. The second-order valence-electron chi connectivity index (χ2n) is 5.77. The largest absolute Gasteiger partial charge is 0.461 e. The third-order valence-electron chi connectivity index (χ3n) is 3.92. The lowest BCUT2D eigenvalue weighted by atomic mass is 10.0. The van der Waals surface area contributed by atoms with E-state index < -0.39 is 0 Å². The Balaban J connectivity index is 1.83. The van der Waals surface area contributed by atoms with Crippen LogP contribution in [0.15, 0.2) is 52.9 Å². The fourth-order valence-electron chi connectivity index (χ4n) is 2.64. The van der Waals surface area contributed by atoms with E-state index in [0.717, 1.165) is 23.6 Å². The van der Waals surface area contributed by atoms with Crippen LogP contribution in [0.4, 0.5) is 5.69 Å². The number of rotatable bonds is 4. The SMILES string of the molecule is Cc1oc2ccccc2c1CNc1cccc(C(C)C)c1. The minimum Gasteiger partial charge on any atom is -0.461 e. The van der Waals surface area contributed by atoms with Gasteiger partial charge in [0.1, 0.15) is 11.3 Å². The van der Waals surface area contributed by atoms with Crippen molar-refractivity contribution in [3.63, 3.8) is 0 Å². The highest BCUT2D eigenvalue weighted by Gasteiger charge is 2.10. The van der Waals surface area contributed by atoms with Crippen molar-refractivity contribution in [2.75, 3.05) is 5.32 Å². The summed E-state index contributed by atoms with van der Waals surface area (Å²) in [4.78, 5) is 0. The Morgan fingerprint density at radius 1 is 1.05 bits per heavy atom. The Labute approximate surface area is 125 Å². The first kappa shape index (κ1) is 13.7. The second kappa shape index (κ2) is 5.65. The highest BCUT2D eigenvalue weighted by atomic mass is 16.3. The van der Waals surface area contributed by atoms with Crippen molar-refractivity contribution in [3.05, 3.63) is 65.4 Å². The van der Waals surface area contributed by atoms with Crippen LogP contribution in [0.1, 0.15) is 36.7 Å². The molecule has 0 amide bonds. The number of hydrogen-bond donors (Lipinski definition) is 1. The maximum atomic E-state index is 5.81. The molecule has 2 nitrogen and oxygen atoms in total. The van der Waals surface area contributed by atoms with Gasteiger partial charge in [-0.3, -0.25) is 0 Å². The van der Waals surface area contributed by atoms with Crippen LogP contribution in [-0.2, 0) is 6.54 Å². The van der Waals surface area contributed by atoms with Gasteiger partial charge in [0, 0.05) is 23.2 Å². The van der Waals surface area contributed by atoms with E-state index in [1.54, 1.807) is 0 Å². The summed E-state index contributed by atoms with van der Waals surface area (Å²) in [5.41, 5.74) is 4.71. The Hall–Kier alpha value is -2.22. The van der Waals surface area contributed by atoms with E-state index in [-0.39, 0.29) is 0 Å². The first-order chi connectivity index (χ1) is 10.1. The fraction of sp³-hybridized carbons (Fsp3) is 0.263. The molecular formula is C19H21NO. The molecule has 3 rings (SSSR count). The van der Waals surface area contributed by atoms with Gasteiger partial charge < -0.3 is 9.73 Å². The molecule has 0 spiro atoms. The molecule has 0 atom stereocenters. The summed E-state index contributed by atoms with van der Waals surface area (Å²) in [5.74, 6) is 1.53. The lowest BCUT2D eigenvalue weighted by Gasteiger charge is -2.10. The number of fused-ring (bicyclic) bond motifs is 1. The Kier molecular flexibility index (Phi) is 3.70. The molecule has 0 aliphatic carbocycles. The predicted molar refractivity (Wildman–Crippen MR) is 88.8 cm³/mol. The summed E-state index contributed by atoms with van der Waals surface area (Å²) in [5, 5.41) is 4.71. The van der Waals surface area contributed by atoms with E-state index in [9.17, 15) is 0 Å². The zero-order chi connectivity index (χ0) is 14.8. The Morgan fingerprint density at radius 3 is 2.67 bits per heavy atom. The number of para-hydroxylation sites is 1. The van der Waals surface area contributed by atoms with Crippen LogP contribution in [0.2, 0.25) is 0 Å². The summed E-state index contributed by atoms with van der Waals surface area (Å²) in [7, 11) is 0. The van der Waals surface area contributed by atoms with E-state index in [0.29, 0.717) is 5.92 Å². The molecule has 0 radical (unpaired) electrons. The van der Waals surface area contributed by atoms with Crippen LogP contribution in [0.25, 0.3) is 11.0 Å². The second-order valence-corrected chi connectivity index (χ2v) is 5.77. The average molecular weight is 279 g/mol. The monoisotopic (exact) mass is 279 g/mol. The molecule has 0 bridgehead atoms. The average Bonchev–Trinajstić information content (AvgIpc) is 2.81. The number of aryl methyl sites for hydroxylation is 1. The van der Waals surface area contributed by atoms with E-state index in [1.807, 2.05) is 19.1 Å². The minimum absolute atomic E-state index is 0.545. The van der Waals surface area contributed by atoms with Gasteiger partial charge in [0.25, 0.3) is 0 Å². The molecule has 0 unspecified atom stereocenters. The fourth-order valence-corrected chi connectivity index (χ4v) is 2.64. The standard InChI is InChI=1S/C19H21NO/c1-13(2)15-7-6-8-16(11-15)20-12-18-14(3)21-19-10-5-4-9-17(18)19/h4-11,13,20H,12H2,1-3H3. The summed E-state index contributed by atoms with van der Waals surface area (Å²) >= 11 is 0. The Morgan fingerprint density at radius 2 is 1.86 bits per heavy atom. The molecule has 2 aromatic carbocycles. The van der Waals surface area contributed by atoms with Crippen LogP contribution < -0.4 is 5.32 Å². The topological polar surface area (TPSA) is 25.2 Å². The molecule has 0 fully saturated rings. The smallest absolute Gasteiger partial charge is 0.134 e. The number of hydrogen-bond acceptors (Lipinski definition) is 2. The van der Waals surface area contributed by atoms with Crippen molar-refractivity contribution in [2.24, 2.45) is 0 Å². The van der Waals surface area contributed by atoms with Crippen molar-refractivity contribution in [3.8, 4) is 0 Å². The zero-order valence-corrected chi connectivity index (χ0v) is 12.8. The van der Waals surface area contributed by atoms with Crippen molar-refractivity contribution < 1.29 is 4.42 Å². The van der Waals surface area contributed by atoms with E-state index >= 15 is 0 Å². The molecule has 1 heterocycles. The van der Waals surface area contributed by atoms with E-state index in [4.69, 9.17) is 4.42 Å². The van der Waals surface area contributed by atoms with Gasteiger partial charge >= 0.3 is 0 Å². The Bertz CT molecular complexity index is 755. The van der Waals surface area contributed by atoms with Gasteiger partial charge in [-0.05, 0) is 36.6 Å². The number of nitrogens with one attached hydrogen (secondary N) is 1. The third kappa shape index (κ3) is 2.80. The molecule has 0 aliphatic rings. The molecule has 0 saturated heterocycles. The third-order valence-corrected chi connectivity index (χ3v) is 3.92. The maximum absolute atomic E-state index is 5.81. The van der Waals surface area contributed by atoms with Crippen LogP contribution in [0.5, 0.6) is 0 Å². The molecular weight excluding hydrogens is 258 g/mol.